The van der Waals surface area contributed by atoms with Crippen LogP contribution >= 0.6 is 0 Å². The van der Waals surface area contributed by atoms with Gasteiger partial charge in [0.05, 0.1) is 19.2 Å². The van der Waals surface area contributed by atoms with E-state index in [0.29, 0.717) is 6.42 Å². The molecule has 0 spiro atoms. The van der Waals surface area contributed by atoms with Gasteiger partial charge in [-0.3, -0.25) is 9.69 Å². The summed E-state index contributed by atoms with van der Waals surface area (Å²) in [5.41, 5.74) is 0.987. The fraction of sp³-hybridized carbons (Fsp3) is 0.692. The van der Waals surface area contributed by atoms with Crippen LogP contribution in [0.25, 0.3) is 0 Å². The van der Waals surface area contributed by atoms with E-state index in [2.05, 4.69) is 19.7 Å². The van der Waals surface area contributed by atoms with Crippen LogP contribution in [0.3, 0.4) is 0 Å². The molecule has 106 valence electrons. The number of rotatable bonds is 5. The third kappa shape index (κ3) is 4.33. The molecule has 6 heteroatoms. The quantitative estimate of drug-likeness (QED) is 0.731. The number of ether oxygens (including phenoxy) is 1. The number of esters is 1. The van der Waals surface area contributed by atoms with Crippen LogP contribution in [0.5, 0.6) is 0 Å². The number of carbonyl (C=O) groups is 1. The fourth-order valence-corrected chi connectivity index (χ4v) is 2.24. The van der Waals surface area contributed by atoms with Gasteiger partial charge in [-0.2, -0.15) is 0 Å². The van der Waals surface area contributed by atoms with E-state index in [1.165, 1.54) is 7.11 Å². The first-order valence-electron chi connectivity index (χ1n) is 6.61. The summed E-state index contributed by atoms with van der Waals surface area (Å²) < 4.78 is 9.71. The van der Waals surface area contributed by atoms with Crippen LogP contribution in [0.15, 0.2) is 10.6 Å². The molecule has 0 radical (unpaired) electrons. The first kappa shape index (κ1) is 14.0. The molecular formula is C13H21N3O3. The molecule has 2 heterocycles. The highest BCUT2D eigenvalue weighted by Gasteiger charge is 2.18. The lowest BCUT2D eigenvalue weighted by molar-refractivity contribution is -0.141. The minimum Gasteiger partial charge on any atom is -0.469 e. The fourth-order valence-electron chi connectivity index (χ4n) is 2.24. The van der Waals surface area contributed by atoms with Gasteiger partial charge < -0.3 is 14.2 Å². The van der Waals surface area contributed by atoms with Gasteiger partial charge in [0, 0.05) is 45.3 Å². The zero-order chi connectivity index (χ0) is 13.7. The highest BCUT2D eigenvalue weighted by Crippen LogP contribution is 2.09. The summed E-state index contributed by atoms with van der Waals surface area (Å²) >= 11 is 0. The van der Waals surface area contributed by atoms with E-state index >= 15 is 0 Å². The predicted octanol–water partition coefficient (Wildman–Crippen LogP) is 0.664. The Morgan fingerprint density at radius 1 is 1.37 bits per heavy atom. The largest absolute Gasteiger partial charge is 0.469 e. The molecule has 0 aromatic carbocycles. The molecule has 2 rings (SSSR count). The standard InChI is InChI=1S/C13H21N3O3/c1-11-9-12(14-19-11)10-16-7-5-15(6-8-16)4-3-13(17)18-2/h9H,3-8,10H2,1-2H3. The number of aryl methyl sites for hydroxylation is 1. The van der Waals surface area contributed by atoms with E-state index in [1.54, 1.807) is 0 Å². The Balaban J connectivity index is 1.69. The molecule has 0 atom stereocenters. The van der Waals surface area contributed by atoms with Crippen LogP contribution in [-0.2, 0) is 16.1 Å². The van der Waals surface area contributed by atoms with Gasteiger partial charge in [-0.15, -0.1) is 0 Å². The second-order valence-electron chi connectivity index (χ2n) is 4.87. The van der Waals surface area contributed by atoms with Crippen molar-refractivity contribution in [1.29, 1.82) is 0 Å². The van der Waals surface area contributed by atoms with E-state index in [4.69, 9.17) is 4.52 Å². The minimum atomic E-state index is -0.138. The molecular weight excluding hydrogens is 246 g/mol. The summed E-state index contributed by atoms with van der Waals surface area (Å²) in [5.74, 6) is 0.715. The molecule has 0 aliphatic carbocycles. The minimum absolute atomic E-state index is 0.138. The third-order valence-corrected chi connectivity index (χ3v) is 3.39. The van der Waals surface area contributed by atoms with Crippen LogP contribution in [0.4, 0.5) is 0 Å². The average molecular weight is 267 g/mol. The van der Waals surface area contributed by atoms with Gasteiger partial charge in [0.15, 0.2) is 0 Å². The average Bonchev–Trinajstić information content (AvgIpc) is 2.83. The number of piperazine rings is 1. The number of nitrogens with zero attached hydrogens (tertiary/aromatic N) is 3. The van der Waals surface area contributed by atoms with E-state index in [0.717, 1.165) is 50.7 Å². The molecule has 19 heavy (non-hydrogen) atoms. The summed E-state index contributed by atoms with van der Waals surface area (Å²) in [6.45, 7) is 7.47. The molecule has 1 aliphatic heterocycles. The molecule has 0 unspecified atom stereocenters. The monoisotopic (exact) mass is 267 g/mol. The van der Waals surface area contributed by atoms with Crippen molar-refractivity contribution in [2.45, 2.75) is 19.9 Å². The Kier molecular flexibility index (Phi) is 4.93. The van der Waals surface area contributed by atoms with Crippen molar-refractivity contribution in [3.63, 3.8) is 0 Å². The van der Waals surface area contributed by atoms with Crippen molar-refractivity contribution < 1.29 is 14.1 Å². The highest BCUT2D eigenvalue weighted by atomic mass is 16.5. The van der Waals surface area contributed by atoms with Crippen molar-refractivity contribution in [2.75, 3.05) is 39.8 Å². The normalized spacial score (nSPS) is 17.6. The zero-order valence-electron chi connectivity index (χ0n) is 11.6. The first-order chi connectivity index (χ1) is 9.17. The summed E-state index contributed by atoms with van der Waals surface area (Å²) in [6.07, 6.45) is 0.471. The molecule has 0 bridgehead atoms. The van der Waals surface area contributed by atoms with Gasteiger partial charge in [-0.25, -0.2) is 0 Å². The second-order valence-corrected chi connectivity index (χ2v) is 4.87. The van der Waals surface area contributed by atoms with Crippen molar-refractivity contribution in [3.8, 4) is 0 Å². The van der Waals surface area contributed by atoms with Crippen molar-refractivity contribution >= 4 is 5.97 Å². The van der Waals surface area contributed by atoms with Gasteiger partial charge in [-0.05, 0) is 6.92 Å². The molecule has 1 aromatic heterocycles. The lowest BCUT2D eigenvalue weighted by Crippen LogP contribution is -2.46. The van der Waals surface area contributed by atoms with Crippen molar-refractivity contribution in [3.05, 3.63) is 17.5 Å². The molecule has 0 saturated carbocycles. The van der Waals surface area contributed by atoms with Gasteiger partial charge in [0.1, 0.15) is 5.76 Å². The Labute approximate surface area is 113 Å². The molecule has 1 fully saturated rings. The van der Waals surface area contributed by atoms with E-state index in [1.807, 2.05) is 13.0 Å². The SMILES string of the molecule is COC(=O)CCN1CCN(Cc2cc(C)on2)CC1. The van der Waals surface area contributed by atoms with Crippen LogP contribution in [0.1, 0.15) is 17.9 Å². The number of aromatic nitrogens is 1. The van der Waals surface area contributed by atoms with Gasteiger partial charge >= 0.3 is 5.97 Å². The van der Waals surface area contributed by atoms with E-state index < -0.39 is 0 Å². The lowest BCUT2D eigenvalue weighted by Gasteiger charge is -2.33. The van der Waals surface area contributed by atoms with Crippen molar-refractivity contribution in [1.82, 2.24) is 15.0 Å². The summed E-state index contributed by atoms with van der Waals surface area (Å²) in [4.78, 5) is 15.7. The molecule has 0 N–H and O–H groups in total. The predicted molar refractivity (Wildman–Crippen MR) is 69.6 cm³/mol. The number of hydrogen-bond donors (Lipinski definition) is 0. The topological polar surface area (TPSA) is 58.8 Å². The Morgan fingerprint density at radius 3 is 2.63 bits per heavy atom. The molecule has 6 nitrogen and oxygen atoms in total. The maximum atomic E-state index is 11.1. The smallest absolute Gasteiger partial charge is 0.306 e. The Bertz CT molecular complexity index is 411. The molecule has 1 saturated heterocycles. The molecule has 1 aliphatic rings. The number of hydrogen-bond acceptors (Lipinski definition) is 6. The second kappa shape index (κ2) is 6.68. The number of methoxy groups -OCH3 is 1. The Hall–Kier alpha value is -1.40. The third-order valence-electron chi connectivity index (χ3n) is 3.39. The summed E-state index contributed by atoms with van der Waals surface area (Å²) in [5, 5.41) is 4.01. The maximum absolute atomic E-state index is 11.1. The van der Waals surface area contributed by atoms with Crippen molar-refractivity contribution in [2.24, 2.45) is 0 Å². The Morgan fingerprint density at radius 2 is 2.05 bits per heavy atom. The van der Waals surface area contributed by atoms with Crippen LogP contribution < -0.4 is 0 Å². The lowest BCUT2D eigenvalue weighted by atomic mass is 10.2. The summed E-state index contributed by atoms with van der Waals surface area (Å²) in [7, 11) is 1.43. The van der Waals surface area contributed by atoms with Gasteiger partial charge in [0.25, 0.3) is 0 Å². The van der Waals surface area contributed by atoms with E-state index in [-0.39, 0.29) is 5.97 Å². The highest BCUT2D eigenvalue weighted by molar-refractivity contribution is 5.69. The van der Waals surface area contributed by atoms with Gasteiger partial charge in [0.2, 0.25) is 0 Å². The molecule has 1 aromatic rings. The van der Waals surface area contributed by atoms with Gasteiger partial charge in [-0.1, -0.05) is 5.16 Å². The van der Waals surface area contributed by atoms with Crippen LogP contribution in [-0.4, -0.2) is 60.8 Å². The maximum Gasteiger partial charge on any atom is 0.306 e. The van der Waals surface area contributed by atoms with E-state index in [9.17, 15) is 4.79 Å². The van der Waals surface area contributed by atoms with Crippen LogP contribution in [0.2, 0.25) is 0 Å². The number of carbonyl (C=O) groups excluding carboxylic acids is 1. The molecule has 0 amide bonds. The first-order valence-corrected chi connectivity index (χ1v) is 6.61. The van der Waals surface area contributed by atoms with Crippen LogP contribution in [0, 0.1) is 6.92 Å². The zero-order valence-corrected chi connectivity index (χ0v) is 11.6. The summed E-state index contributed by atoms with van der Waals surface area (Å²) in [6, 6.07) is 1.98.